The van der Waals surface area contributed by atoms with Crippen molar-refractivity contribution >= 4 is 17.3 Å². The van der Waals surface area contributed by atoms with Gasteiger partial charge in [0.2, 0.25) is 0 Å². The number of halogens is 2. The van der Waals surface area contributed by atoms with E-state index >= 15 is 0 Å². The summed E-state index contributed by atoms with van der Waals surface area (Å²) in [5.41, 5.74) is 2.21. The van der Waals surface area contributed by atoms with E-state index in [0.717, 1.165) is 48.8 Å². The first kappa shape index (κ1) is 18.9. The van der Waals surface area contributed by atoms with Crippen molar-refractivity contribution in [2.45, 2.75) is 32.4 Å². The van der Waals surface area contributed by atoms with Gasteiger partial charge < -0.3 is 10.2 Å². The molecule has 0 saturated carbocycles. The van der Waals surface area contributed by atoms with Gasteiger partial charge in [0.1, 0.15) is 11.6 Å². The van der Waals surface area contributed by atoms with Crippen molar-refractivity contribution in [3.63, 3.8) is 0 Å². The van der Waals surface area contributed by atoms with Gasteiger partial charge in [0.15, 0.2) is 11.6 Å². The lowest BCUT2D eigenvalue weighted by molar-refractivity contribution is 0.292. The number of hydrogen-bond acceptors (Lipinski definition) is 6. The van der Waals surface area contributed by atoms with Crippen molar-refractivity contribution in [2.75, 3.05) is 30.4 Å². The largest absolute Gasteiger partial charge is 0.350 e. The van der Waals surface area contributed by atoms with Gasteiger partial charge in [-0.2, -0.15) is 15.1 Å². The normalized spacial score (nSPS) is 20.9. The van der Waals surface area contributed by atoms with Crippen LogP contribution in [-0.2, 0) is 0 Å². The lowest BCUT2D eigenvalue weighted by Crippen LogP contribution is -2.45. The molecule has 0 unspecified atom stereocenters. The third kappa shape index (κ3) is 3.28. The Kier molecular flexibility index (Phi) is 4.43. The molecule has 1 N–H and O–H groups in total. The maximum Gasteiger partial charge on any atom is 0.254 e. The molecule has 2 fully saturated rings. The topological polar surface area (TPSA) is 62.1 Å². The number of likely N-dealkylation sites (tertiary alicyclic amines) is 1. The Morgan fingerprint density at radius 2 is 1.83 bits per heavy atom. The van der Waals surface area contributed by atoms with E-state index in [2.05, 4.69) is 32.2 Å². The first-order valence-electron chi connectivity index (χ1n) is 9.99. The average Bonchev–Trinajstić information content (AvgIpc) is 3.37. The number of benzene rings is 1. The Morgan fingerprint density at radius 3 is 2.47 bits per heavy atom. The van der Waals surface area contributed by atoms with Crippen molar-refractivity contribution < 1.29 is 8.78 Å². The second kappa shape index (κ2) is 7.02. The minimum absolute atomic E-state index is 0.402. The number of piperazine rings is 1. The molecule has 0 aliphatic carbocycles. The minimum Gasteiger partial charge on any atom is -0.350 e. The monoisotopic (exact) mass is 411 g/mol. The fourth-order valence-electron chi connectivity index (χ4n) is 4.43. The molecule has 9 heteroatoms. The van der Waals surface area contributed by atoms with Crippen molar-refractivity contribution in [2.24, 2.45) is 0 Å². The van der Waals surface area contributed by atoms with E-state index in [1.165, 1.54) is 6.07 Å². The summed E-state index contributed by atoms with van der Waals surface area (Å²) in [6.45, 7) is 5.77. The van der Waals surface area contributed by atoms with E-state index in [9.17, 15) is 8.78 Å². The molecule has 2 aliphatic heterocycles. The van der Waals surface area contributed by atoms with Crippen LogP contribution < -0.4 is 10.2 Å². The van der Waals surface area contributed by atoms with Crippen molar-refractivity contribution in [1.82, 2.24) is 24.6 Å². The van der Waals surface area contributed by atoms with E-state index in [-0.39, 0.29) is 0 Å². The van der Waals surface area contributed by atoms with Gasteiger partial charge in [0.25, 0.3) is 5.95 Å². The molecule has 1 aromatic carbocycles. The van der Waals surface area contributed by atoms with Crippen LogP contribution in [-0.4, -0.2) is 56.9 Å². The lowest BCUT2D eigenvalue weighted by atomic mass is 10.2. The zero-order valence-electron chi connectivity index (χ0n) is 17.1. The Balaban J connectivity index is 1.55. The third-order valence-corrected chi connectivity index (χ3v) is 5.90. The fraction of sp³-hybridized carbons (Fsp3) is 0.381. The molecule has 30 heavy (non-hydrogen) atoms. The Morgan fingerprint density at radius 1 is 1.00 bits per heavy atom. The van der Waals surface area contributed by atoms with Crippen LogP contribution in [0.1, 0.15) is 17.8 Å². The second-order valence-corrected chi connectivity index (χ2v) is 8.14. The number of anilines is 3. The number of likely N-dealkylation sites (N-methyl/N-ethyl adjacent to an activating group) is 1. The summed E-state index contributed by atoms with van der Waals surface area (Å²) in [4.78, 5) is 14.1. The molecule has 2 aromatic heterocycles. The van der Waals surface area contributed by atoms with Gasteiger partial charge in [0.05, 0.1) is 5.69 Å². The summed E-state index contributed by atoms with van der Waals surface area (Å²) in [5, 5.41) is 7.60. The molecule has 2 saturated heterocycles. The van der Waals surface area contributed by atoms with Crippen molar-refractivity contribution in [1.29, 1.82) is 0 Å². The molecule has 2 atom stereocenters. The van der Waals surface area contributed by atoms with Gasteiger partial charge in [-0.15, -0.1) is 0 Å². The third-order valence-electron chi connectivity index (χ3n) is 5.90. The Hall–Kier alpha value is -3.07. The molecular formula is C21H23F2N7. The molecule has 0 spiro atoms. The van der Waals surface area contributed by atoms with E-state index in [1.54, 1.807) is 4.68 Å². The summed E-state index contributed by atoms with van der Waals surface area (Å²) in [5.74, 6) is -0.0420. The number of aryl methyl sites for hydroxylation is 2. The molecule has 2 bridgehead atoms. The Labute approximate surface area is 173 Å². The summed E-state index contributed by atoms with van der Waals surface area (Å²) >= 11 is 0. The quantitative estimate of drug-likeness (QED) is 0.712. The number of nitrogens with zero attached hydrogens (tertiary/aromatic N) is 6. The smallest absolute Gasteiger partial charge is 0.254 e. The van der Waals surface area contributed by atoms with Crippen LogP contribution in [0.5, 0.6) is 0 Å². The minimum atomic E-state index is -0.909. The van der Waals surface area contributed by atoms with Gasteiger partial charge in [-0.25, -0.2) is 13.5 Å². The van der Waals surface area contributed by atoms with Gasteiger partial charge in [-0.05, 0) is 45.5 Å². The van der Waals surface area contributed by atoms with Crippen LogP contribution in [0.3, 0.4) is 0 Å². The van der Waals surface area contributed by atoms with Crippen LogP contribution in [0.4, 0.5) is 26.1 Å². The molecule has 156 valence electrons. The molecule has 2 aliphatic rings. The van der Waals surface area contributed by atoms with Crippen LogP contribution in [0.2, 0.25) is 0 Å². The molecule has 4 heterocycles. The zero-order chi connectivity index (χ0) is 21.0. The number of rotatable bonds is 4. The van der Waals surface area contributed by atoms with E-state index in [1.807, 2.05) is 26.0 Å². The predicted molar refractivity (Wildman–Crippen MR) is 110 cm³/mol. The summed E-state index contributed by atoms with van der Waals surface area (Å²) < 4.78 is 28.7. The van der Waals surface area contributed by atoms with E-state index in [4.69, 9.17) is 4.98 Å². The van der Waals surface area contributed by atoms with Gasteiger partial charge in [0, 0.05) is 48.7 Å². The van der Waals surface area contributed by atoms with E-state index < -0.39 is 11.6 Å². The average molecular weight is 411 g/mol. The highest BCUT2D eigenvalue weighted by atomic mass is 19.2. The number of aromatic nitrogens is 4. The van der Waals surface area contributed by atoms with Crippen molar-refractivity contribution in [3.8, 4) is 5.95 Å². The standard InChI is InChI=1S/C21H23F2N7/c1-12-6-13(2)30(27-12)21-25-19(24-14-4-5-17(22)18(23)7-14)9-20(26-21)29-11-15-8-16(29)10-28(15)3/h4-7,9,15-16H,8,10-11H2,1-3H3,(H,24,25,26)/t15-,16-/m1/s1. The maximum absolute atomic E-state index is 13.7. The first-order chi connectivity index (χ1) is 14.4. The molecule has 7 nitrogen and oxygen atoms in total. The summed E-state index contributed by atoms with van der Waals surface area (Å²) in [6.07, 6.45) is 1.11. The highest BCUT2D eigenvalue weighted by Crippen LogP contribution is 2.34. The van der Waals surface area contributed by atoms with E-state index in [0.29, 0.717) is 29.5 Å². The molecule has 3 aromatic rings. The number of fused-ring (bicyclic) bond motifs is 2. The van der Waals surface area contributed by atoms with Crippen LogP contribution in [0, 0.1) is 25.5 Å². The number of nitrogens with one attached hydrogen (secondary N) is 1. The molecule has 0 amide bonds. The highest BCUT2D eigenvalue weighted by molar-refractivity contribution is 5.61. The highest BCUT2D eigenvalue weighted by Gasteiger charge is 2.42. The molecule has 0 radical (unpaired) electrons. The van der Waals surface area contributed by atoms with Gasteiger partial charge in [-0.1, -0.05) is 0 Å². The maximum atomic E-state index is 13.7. The predicted octanol–water partition coefficient (Wildman–Crippen LogP) is 3.19. The summed E-state index contributed by atoms with van der Waals surface area (Å²) in [7, 11) is 2.15. The molecule has 5 rings (SSSR count). The van der Waals surface area contributed by atoms with Gasteiger partial charge in [-0.3, -0.25) is 4.90 Å². The molecular weight excluding hydrogens is 388 g/mol. The lowest BCUT2D eigenvalue weighted by Gasteiger charge is -2.33. The Bertz CT molecular complexity index is 1110. The second-order valence-electron chi connectivity index (χ2n) is 8.14. The van der Waals surface area contributed by atoms with Crippen LogP contribution in [0.15, 0.2) is 30.3 Å². The van der Waals surface area contributed by atoms with Crippen molar-refractivity contribution in [3.05, 3.63) is 53.4 Å². The zero-order valence-corrected chi connectivity index (χ0v) is 17.1. The van der Waals surface area contributed by atoms with Crippen LogP contribution in [0.25, 0.3) is 5.95 Å². The van der Waals surface area contributed by atoms with Crippen LogP contribution >= 0.6 is 0 Å². The first-order valence-corrected chi connectivity index (χ1v) is 9.99. The fourth-order valence-corrected chi connectivity index (χ4v) is 4.43. The SMILES string of the molecule is Cc1cc(C)n(-c2nc(Nc3ccc(F)c(F)c3)cc(N3C[C@H]4C[C@@H]3CN4C)n2)n1. The van der Waals surface area contributed by atoms with Gasteiger partial charge >= 0.3 is 0 Å². The number of hydrogen-bond donors (Lipinski definition) is 1. The summed E-state index contributed by atoms with van der Waals surface area (Å²) in [6, 6.07) is 8.44.